The SMILES string of the molecule is CCCC[N+]([O-])(CCCC)[C@@H](CO[B]OCC(C)C)COCC(C)C. The molecule has 0 aromatic rings. The number of rotatable bonds is 17. The Morgan fingerprint density at radius 3 is 1.80 bits per heavy atom. The molecule has 0 aromatic heterocycles. The Kier molecular flexibility index (Phi) is 14.9. The van der Waals surface area contributed by atoms with Crippen molar-refractivity contribution in [1.82, 2.24) is 0 Å². The van der Waals surface area contributed by atoms with Gasteiger partial charge >= 0.3 is 7.69 Å². The Labute approximate surface area is 156 Å². The highest BCUT2D eigenvalue weighted by Gasteiger charge is 2.29. The van der Waals surface area contributed by atoms with Crippen LogP contribution in [0.1, 0.15) is 67.2 Å². The van der Waals surface area contributed by atoms with Gasteiger partial charge in [0.25, 0.3) is 0 Å². The molecule has 6 heteroatoms. The fourth-order valence-corrected chi connectivity index (χ4v) is 2.52. The molecule has 0 aromatic carbocycles. The number of nitrogens with zero attached hydrogens (tertiary/aromatic N) is 1. The lowest BCUT2D eigenvalue weighted by molar-refractivity contribution is -0.906. The van der Waals surface area contributed by atoms with Gasteiger partial charge in [-0.05, 0) is 24.7 Å². The second kappa shape index (κ2) is 15.0. The van der Waals surface area contributed by atoms with Crippen molar-refractivity contribution < 1.29 is 18.7 Å². The van der Waals surface area contributed by atoms with Crippen molar-refractivity contribution in [3.63, 3.8) is 0 Å². The molecular weight excluding hydrogens is 317 g/mol. The molecule has 0 rings (SSSR count). The zero-order chi connectivity index (χ0) is 19.1. The van der Waals surface area contributed by atoms with Crippen LogP contribution in [-0.4, -0.2) is 57.9 Å². The van der Waals surface area contributed by atoms with Crippen LogP contribution < -0.4 is 0 Å². The highest BCUT2D eigenvalue weighted by atomic mass is 16.6. The maximum atomic E-state index is 13.5. The summed E-state index contributed by atoms with van der Waals surface area (Å²) in [6.45, 7) is 16.0. The van der Waals surface area contributed by atoms with E-state index in [1.807, 2.05) is 0 Å². The molecular formula is C19H41BNO4. The third-order valence-corrected chi connectivity index (χ3v) is 4.06. The lowest BCUT2D eigenvalue weighted by atomic mass is 10.1. The summed E-state index contributed by atoms with van der Waals surface area (Å²) >= 11 is 0. The average Bonchev–Trinajstić information content (AvgIpc) is 2.55. The summed E-state index contributed by atoms with van der Waals surface area (Å²) in [6, 6.07) is -0.212. The zero-order valence-electron chi connectivity index (χ0n) is 17.5. The molecule has 0 saturated carbocycles. The highest BCUT2D eigenvalue weighted by Crippen LogP contribution is 2.18. The fourth-order valence-electron chi connectivity index (χ4n) is 2.52. The molecule has 0 spiro atoms. The van der Waals surface area contributed by atoms with Crippen molar-refractivity contribution in [2.24, 2.45) is 11.8 Å². The lowest BCUT2D eigenvalue weighted by Gasteiger charge is -2.49. The molecule has 1 radical (unpaired) electrons. The third-order valence-electron chi connectivity index (χ3n) is 4.06. The van der Waals surface area contributed by atoms with Gasteiger partial charge in [0.2, 0.25) is 0 Å². The Morgan fingerprint density at radius 1 is 0.800 bits per heavy atom. The number of unbranched alkanes of at least 4 members (excludes halogenated alkanes) is 2. The molecule has 0 fully saturated rings. The average molecular weight is 358 g/mol. The van der Waals surface area contributed by atoms with E-state index in [1.165, 1.54) is 7.69 Å². The quantitative estimate of drug-likeness (QED) is 0.170. The number of hydrogen-bond donors (Lipinski definition) is 0. The van der Waals surface area contributed by atoms with Crippen LogP contribution in [0, 0.1) is 17.0 Å². The smallest absolute Gasteiger partial charge is 0.488 e. The second-order valence-electron chi connectivity index (χ2n) is 7.85. The van der Waals surface area contributed by atoms with Gasteiger partial charge in [0.15, 0.2) is 0 Å². The van der Waals surface area contributed by atoms with Gasteiger partial charge in [0.1, 0.15) is 12.6 Å². The Morgan fingerprint density at radius 2 is 1.32 bits per heavy atom. The first kappa shape index (κ1) is 24.9. The highest BCUT2D eigenvalue weighted by molar-refractivity contribution is 6.17. The minimum atomic E-state index is -0.224. The van der Waals surface area contributed by atoms with E-state index in [9.17, 15) is 5.21 Å². The Bertz CT molecular complexity index is 295. The molecule has 1 atom stereocenters. The van der Waals surface area contributed by atoms with Gasteiger partial charge < -0.3 is 23.9 Å². The molecule has 0 N–H and O–H groups in total. The maximum Gasteiger partial charge on any atom is 0.488 e. The molecule has 0 heterocycles. The summed E-state index contributed by atoms with van der Waals surface area (Å²) in [6.07, 6.45) is 3.92. The summed E-state index contributed by atoms with van der Waals surface area (Å²) in [5.41, 5.74) is 0. The first-order chi connectivity index (χ1) is 11.9. The standard InChI is InChI=1S/C19H41BNO4/c1-7-9-11-21(22,12-10-8-2)19(15-23-13-17(3)4)16-25-20-24-14-18(5)6/h17-19H,7-16H2,1-6H3/t19-/m1/s1. The third kappa shape index (κ3) is 12.8. The zero-order valence-corrected chi connectivity index (χ0v) is 17.5. The fraction of sp³-hybridized carbons (Fsp3) is 1.00. The van der Waals surface area contributed by atoms with Crippen molar-refractivity contribution in [3.8, 4) is 0 Å². The molecule has 0 bridgehead atoms. The molecule has 0 saturated heterocycles. The molecule has 0 aliphatic carbocycles. The van der Waals surface area contributed by atoms with E-state index in [0.29, 0.717) is 51.4 Å². The Hall–Kier alpha value is -0.135. The summed E-state index contributed by atoms with van der Waals surface area (Å²) in [7, 11) is 1.39. The van der Waals surface area contributed by atoms with Gasteiger partial charge in [0, 0.05) is 13.2 Å². The number of hydrogen-bond acceptors (Lipinski definition) is 4. The van der Waals surface area contributed by atoms with E-state index in [4.69, 9.17) is 14.0 Å². The van der Waals surface area contributed by atoms with E-state index in [-0.39, 0.29) is 10.7 Å². The molecule has 5 nitrogen and oxygen atoms in total. The van der Waals surface area contributed by atoms with Gasteiger partial charge in [-0.15, -0.1) is 0 Å². The van der Waals surface area contributed by atoms with Crippen LogP contribution in [-0.2, 0) is 14.0 Å². The minimum absolute atomic E-state index is 0.212. The van der Waals surface area contributed by atoms with Crippen LogP contribution in [0.5, 0.6) is 0 Å². The second-order valence-corrected chi connectivity index (χ2v) is 7.85. The van der Waals surface area contributed by atoms with E-state index >= 15 is 0 Å². The van der Waals surface area contributed by atoms with Gasteiger partial charge in [-0.25, -0.2) is 0 Å². The van der Waals surface area contributed by atoms with Crippen molar-refractivity contribution in [2.75, 3.05) is 39.5 Å². The Balaban J connectivity index is 4.70. The van der Waals surface area contributed by atoms with Crippen LogP contribution in [0.2, 0.25) is 0 Å². The minimum Gasteiger partial charge on any atom is -0.632 e. The summed E-state index contributed by atoms with van der Waals surface area (Å²) in [5.74, 6) is 0.913. The van der Waals surface area contributed by atoms with E-state index in [2.05, 4.69) is 41.5 Å². The summed E-state index contributed by atoms with van der Waals surface area (Å²) in [5, 5.41) is 13.5. The van der Waals surface area contributed by atoms with E-state index in [1.54, 1.807) is 0 Å². The van der Waals surface area contributed by atoms with Crippen LogP contribution in [0.15, 0.2) is 0 Å². The normalized spacial score (nSPS) is 13.6. The van der Waals surface area contributed by atoms with Crippen LogP contribution in [0.25, 0.3) is 0 Å². The molecule has 0 unspecified atom stereocenters. The monoisotopic (exact) mass is 358 g/mol. The first-order valence-electron chi connectivity index (χ1n) is 10.1. The van der Waals surface area contributed by atoms with Crippen LogP contribution in [0.4, 0.5) is 0 Å². The first-order valence-corrected chi connectivity index (χ1v) is 10.1. The topological polar surface area (TPSA) is 50.8 Å². The number of ether oxygens (including phenoxy) is 1. The van der Waals surface area contributed by atoms with E-state index < -0.39 is 0 Å². The lowest BCUT2D eigenvalue weighted by Crippen LogP contribution is -2.56. The van der Waals surface area contributed by atoms with Crippen LogP contribution >= 0.6 is 0 Å². The largest absolute Gasteiger partial charge is 0.632 e. The van der Waals surface area contributed by atoms with Gasteiger partial charge in [-0.3, -0.25) is 0 Å². The predicted octanol–water partition coefficient (Wildman–Crippen LogP) is 4.17. The predicted molar refractivity (Wildman–Crippen MR) is 105 cm³/mol. The molecule has 149 valence electrons. The number of hydroxylamine groups is 3. The van der Waals surface area contributed by atoms with Crippen molar-refractivity contribution in [3.05, 3.63) is 5.21 Å². The van der Waals surface area contributed by atoms with Crippen LogP contribution in [0.3, 0.4) is 0 Å². The molecule has 0 aliphatic rings. The summed E-state index contributed by atoms with van der Waals surface area (Å²) < 4.78 is 16.5. The maximum absolute atomic E-state index is 13.5. The van der Waals surface area contributed by atoms with Gasteiger partial charge in [0.05, 0.1) is 19.7 Å². The van der Waals surface area contributed by atoms with E-state index in [0.717, 1.165) is 25.7 Å². The van der Waals surface area contributed by atoms with Crippen molar-refractivity contribution in [1.29, 1.82) is 0 Å². The van der Waals surface area contributed by atoms with Crippen molar-refractivity contribution >= 4 is 7.69 Å². The molecule has 25 heavy (non-hydrogen) atoms. The summed E-state index contributed by atoms with van der Waals surface area (Å²) in [4.78, 5) is 0. The van der Waals surface area contributed by atoms with Crippen molar-refractivity contribution in [2.45, 2.75) is 73.3 Å². The van der Waals surface area contributed by atoms with Gasteiger partial charge in [-0.1, -0.05) is 54.4 Å². The molecule has 0 aliphatic heterocycles. The molecule has 0 amide bonds. The number of quaternary nitrogens is 1. The van der Waals surface area contributed by atoms with Gasteiger partial charge in [-0.2, -0.15) is 0 Å².